The predicted octanol–water partition coefficient (Wildman–Crippen LogP) is 0.962. The number of rotatable bonds is 4. The molecule has 3 atom stereocenters. The molecule has 3 unspecified atom stereocenters. The molecule has 0 aromatic rings. The fourth-order valence-corrected chi connectivity index (χ4v) is 4.15. The van der Waals surface area contributed by atoms with Crippen molar-refractivity contribution in [2.75, 3.05) is 5.75 Å². The number of fused-ring (bicyclic) bond motifs is 1. The third kappa shape index (κ3) is 3.31. The summed E-state index contributed by atoms with van der Waals surface area (Å²) in [7, 11) is 0. The Morgan fingerprint density at radius 1 is 1.55 bits per heavy atom. The van der Waals surface area contributed by atoms with Crippen molar-refractivity contribution in [1.29, 1.82) is 0 Å². The highest BCUT2D eigenvalue weighted by atomic mass is 32.2. The normalized spacial score (nSPS) is 29.4. The third-order valence-corrected chi connectivity index (χ3v) is 5.30. The van der Waals surface area contributed by atoms with Crippen molar-refractivity contribution in [2.45, 2.75) is 49.3 Å². The summed E-state index contributed by atoms with van der Waals surface area (Å²) in [6.07, 6.45) is -5.53. The van der Waals surface area contributed by atoms with Gasteiger partial charge >= 0.3 is 12.1 Å². The zero-order valence-electron chi connectivity index (χ0n) is 11.6. The highest BCUT2D eigenvalue weighted by molar-refractivity contribution is 8.01. The smallest absolute Gasteiger partial charge is 0.391 e. The van der Waals surface area contributed by atoms with Gasteiger partial charge in [-0.05, 0) is 13.3 Å². The summed E-state index contributed by atoms with van der Waals surface area (Å²) < 4.78 is 37.0. The lowest BCUT2D eigenvalue weighted by Gasteiger charge is -2.30. The second-order valence-electron chi connectivity index (χ2n) is 5.48. The molecule has 0 aromatic heterocycles. The van der Waals surface area contributed by atoms with E-state index in [0.717, 1.165) is 0 Å². The van der Waals surface area contributed by atoms with E-state index in [1.54, 1.807) is 6.92 Å². The lowest BCUT2D eigenvalue weighted by Crippen LogP contribution is -2.54. The van der Waals surface area contributed by atoms with Crippen LogP contribution < -0.4 is 5.32 Å². The second-order valence-corrected chi connectivity index (χ2v) is 6.99. The molecule has 2 amide bonds. The molecular formula is C12H15F3N2O4S. The van der Waals surface area contributed by atoms with E-state index in [9.17, 15) is 27.6 Å². The van der Waals surface area contributed by atoms with Crippen LogP contribution >= 0.6 is 11.8 Å². The topological polar surface area (TPSA) is 86.7 Å². The largest absolute Gasteiger partial charge is 0.480 e. The first-order chi connectivity index (χ1) is 10.0. The molecule has 2 N–H and O–H groups in total. The van der Waals surface area contributed by atoms with E-state index in [0.29, 0.717) is 6.42 Å². The molecule has 0 aromatic carbocycles. The van der Waals surface area contributed by atoms with Crippen LogP contribution in [0.25, 0.3) is 0 Å². The highest BCUT2D eigenvalue weighted by Crippen LogP contribution is 2.47. The summed E-state index contributed by atoms with van der Waals surface area (Å²) in [5.74, 6) is -2.61. The zero-order valence-corrected chi connectivity index (χ0v) is 12.5. The van der Waals surface area contributed by atoms with Crippen molar-refractivity contribution in [3.8, 4) is 0 Å². The molecule has 2 saturated heterocycles. The third-order valence-electron chi connectivity index (χ3n) is 3.80. The standard InChI is InChI=1S/C12H15F3N2O4S/c1-11-3-2-8(18)17(11)7(5-22-11)9(19)16-6(10(20)21)4-12(13,14)15/h6-7H,2-5H2,1H3,(H,16,19)(H,20,21). The molecule has 0 bridgehead atoms. The first-order valence-corrected chi connectivity index (χ1v) is 7.58. The molecule has 124 valence electrons. The molecule has 10 heteroatoms. The van der Waals surface area contributed by atoms with Crippen LogP contribution in [0.3, 0.4) is 0 Å². The van der Waals surface area contributed by atoms with Crippen molar-refractivity contribution in [2.24, 2.45) is 0 Å². The Labute approximate surface area is 128 Å². The van der Waals surface area contributed by atoms with E-state index in [1.807, 2.05) is 5.32 Å². The molecule has 0 spiro atoms. The van der Waals surface area contributed by atoms with E-state index in [-0.39, 0.29) is 18.1 Å². The molecule has 0 aliphatic carbocycles. The SMILES string of the molecule is CC12CCC(=O)N1C(C(=O)NC(CC(F)(F)F)C(=O)O)CS2. The minimum atomic E-state index is -4.71. The Balaban J connectivity index is 2.08. The molecular weight excluding hydrogens is 325 g/mol. The molecule has 2 rings (SSSR count). The van der Waals surface area contributed by atoms with Crippen molar-refractivity contribution in [1.82, 2.24) is 10.2 Å². The van der Waals surface area contributed by atoms with E-state index >= 15 is 0 Å². The molecule has 6 nitrogen and oxygen atoms in total. The first kappa shape index (κ1) is 16.9. The van der Waals surface area contributed by atoms with Gasteiger partial charge in [-0.15, -0.1) is 11.8 Å². The van der Waals surface area contributed by atoms with Gasteiger partial charge in [0.25, 0.3) is 0 Å². The van der Waals surface area contributed by atoms with Crippen LogP contribution in [0.15, 0.2) is 0 Å². The van der Waals surface area contributed by atoms with Crippen molar-refractivity contribution in [3.63, 3.8) is 0 Å². The van der Waals surface area contributed by atoms with Crippen molar-refractivity contribution in [3.05, 3.63) is 0 Å². The Morgan fingerprint density at radius 3 is 2.73 bits per heavy atom. The molecule has 2 aliphatic heterocycles. The van der Waals surface area contributed by atoms with Crippen LogP contribution in [-0.4, -0.2) is 56.7 Å². The number of carbonyl (C=O) groups excluding carboxylic acids is 2. The van der Waals surface area contributed by atoms with E-state index in [1.165, 1.54) is 16.7 Å². The number of hydrogen-bond donors (Lipinski definition) is 2. The summed E-state index contributed by atoms with van der Waals surface area (Å²) >= 11 is 1.38. The number of amides is 2. The summed E-state index contributed by atoms with van der Waals surface area (Å²) in [5.41, 5.74) is 0. The van der Waals surface area contributed by atoms with Gasteiger partial charge in [-0.3, -0.25) is 9.59 Å². The Bertz CT molecular complexity index is 513. The fourth-order valence-electron chi connectivity index (χ4n) is 2.71. The maximum absolute atomic E-state index is 12.3. The maximum Gasteiger partial charge on any atom is 0.391 e. The zero-order chi connectivity index (χ0) is 16.7. The number of carbonyl (C=O) groups is 3. The van der Waals surface area contributed by atoms with Gasteiger partial charge in [-0.1, -0.05) is 0 Å². The number of hydrogen-bond acceptors (Lipinski definition) is 4. The molecule has 0 saturated carbocycles. The van der Waals surface area contributed by atoms with Crippen molar-refractivity contribution >= 4 is 29.5 Å². The van der Waals surface area contributed by atoms with E-state index < -0.39 is 41.4 Å². The number of carboxylic acids is 1. The monoisotopic (exact) mass is 340 g/mol. The molecule has 2 fully saturated rings. The molecule has 2 aliphatic rings. The van der Waals surface area contributed by atoms with Gasteiger partial charge < -0.3 is 15.3 Å². The van der Waals surface area contributed by atoms with Gasteiger partial charge in [0.15, 0.2) is 0 Å². The Morgan fingerprint density at radius 2 is 2.18 bits per heavy atom. The van der Waals surface area contributed by atoms with Crippen LogP contribution in [0.5, 0.6) is 0 Å². The second kappa shape index (κ2) is 5.64. The minimum absolute atomic E-state index is 0.240. The Kier molecular flexibility index (Phi) is 4.33. The number of thioether (sulfide) groups is 1. The molecule has 22 heavy (non-hydrogen) atoms. The van der Waals surface area contributed by atoms with Gasteiger partial charge in [0, 0.05) is 12.2 Å². The average Bonchev–Trinajstić information content (AvgIpc) is 2.84. The van der Waals surface area contributed by atoms with Gasteiger partial charge in [0.1, 0.15) is 12.1 Å². The van der Waals surface area contributed by atoms with Gasteiger partial charge in [0.2, 0.25) is 11.8 Å². The van der Waals surface area contributed by atoms with Gasteiger partial charge in [-0.2, -0.15) is 13.2 Å². The number of alkyl halides is 3. The van der Waals surface area contributed by atoms with E-state index in [2.05, 4.69) is 0 Å². The summed E-state index contributed by atoms with van der Waals surface area (Å²) in [4.78, 5) is 35.7. The van der Waals surface area contributed by atoms with Gasteiger partial charge in [-0.25, -0.2) is 4.79 Å². The Hall–Kier alpha value is -1.45. The lowest BCUT2D eigenvalue weighted by molar-refractivity contribution is -0.160. The van der Waals surface area contributed by atoms with Crippen molar-refractivity contribution < 1.29 is 32.7 Å². The molecule has 2 heterocycles. The summed E-state index contributed by atoms with van der Waals surface area (Å²) in [6, 6.07) is -2.98. The maximum atomic E-state index is 12.3. The van der Waals surface area contributed by atoms with Gasteiger partial charge in [0.05, 0.1) is 11.3 Å². The van der Waals surface area contributed by atoms with Crippen LogP contribution in [0, 0.1) is 0 Å². The summed E-state index contributed by atoms with van der Waals surface area (Å²) in [5, 5.41) is 10.7. The van der Waals surface area contributed by atoms with E-state index in [4.69, 9.17) is 5.11 Å². The first-order valence-electron chi connectivity index (χ1n) is 6.59. The predicted molar refractivity (Wildman–Crippen MR) is 71.0 cm³/mol. The number of nitrogens with zero attached hydrogens (tertiary/aromatic N) is 1. The van der Waals surface area contributed by atoms with Crippen LogP contribution in [0.4, 0.5) is 13.2 Å². The fraction of sp³-hybridized carbons (Fsp3) is 0.750. The van der Waals surface area contributed by atoms with Crippen LogP contribution in [-0.2, 0) is 14.4 Å². The highest BCUT2D eigenvalue weighted by Gasteiger charge is 2.53. The lowest BCUT2D eigenvalue weighted by atomic mass is 10.1. The molecule has 0 radical (unpaired) electrons. The average molecular weight is 340 g/mol. The minimum Gasteiger partial charge on any atom is -0.480 e. The van der Waals surface area contributed by atoms with Crippen LogP contribution in [0.1, 0.15) is 26.2 Å². The number of carboxylic acid groups (broad SMARTS) is 1. The summed E-state index contributed by atoms with van der Waals surface area (Å²) in [6.45, 7) is 1.79. The number of aliphatic carboxylic acids is 1. The number of halogens is 3. The quantitative estimate of drug-likeness (QED) is 0.796. The number of nitrogens with one attached hydrogen (secondary N) is 1. The van der Waals surface area contributed by atoms with Crippen LogP contribution in [0.2, 0.25) is 0 Å².